The van der Waals surface area contributed by atoms with E-state index in [9.17, 15) is 15.2 Å². The molecule has 0 amide bonds. The summed E-state index contributed by atoms with van der Waals surface area (Å²) in [6.07, 6.45) is -0.131. The lowest BCUT2D eigenvalue weighted by atomic mass is 9.66. The van der Waals surface area contributed by atoms with E-state index in [-0.39, 0.29) is 23.0 Å². The topological polar surface area (TPSA) is 72.6 Å². The predicted molar refractivity (Wildman–Crippen MR) is 74.4 cm³/mol. The van der Waals surface area contributed by atoms with Crippen LogP contribution in [0, 0.1) is 22.5 Å². The van der Waals surface area contributed by atoms with Crippen molar-refractivity contribution in [3.63, 3.8) is 0 Å². The molecule has 1 saturated carbocycles. The van der Waals surface area contributed by atoms with Crippen molar-refractivity contribution in [1.82, 2.24) is 0 Å². The van der Waals surface area contributed by atoms with Crippen molar-refractivity contribution in [2.75, 3.05) is 0 Å². The van der Waals surface area contributed by atoms with E-state index in [4.69, 9.17) is 4.74 Å². The zero-order chi connectivity index (χ0) is 14.4. The minimum atomic E-state index is -0.449. The number of benzene rings is 1. The minimum Gasteiger partial charge on any atom is -0.483 e. The quantitative estimate of drug-likeness (QED) is 0.682. The van der Waals surface area contributed by atoms with Gasteiger partial charge >= 0.3 is 5.69 Å². The Kier molecular flexibility index (Phi) is 3.57. The minimum absolute atomic E-state index is 0.0518. The molecule has 0 bridgehead atoms. The van der Waals surface area contributed by atoms with Crippen molar-refractivity contribution in [2.24, 2.45) is 5.41 Å². The normalized spacial score (nSPS) is 24.7. The summed E-state index contributed by atoms with van der Waals surface area (Å²) >= 11 is 3.24. The standard InChI is InChI=1S/C13H16BrNO4/c1-7-4-8(14)5-9(15(17)18)12(7)19-11-6-10(16)13(11,2)3/h4-5,10-11,16H,6H2,1-3H3. The van der Waals surface area contributed by atoms with E-state index in [1.165, 1.54) is 6.07 Å². The van der Waals surface area contributed by atoms with Gasteiger partial charge in [0.05, 0.1) is 11.0 Å². The Bertz CT molecular complexity index is 530. The smallest absolute Gasteiger partial charge is 0.312 e. The van der Waals surface area contributed by atoms with Gasteiger partial charge in [-0.25, -0.2) is 0 Å². The van der Waals surface area contributed by atoms with Crippen LogP contribution in [0.15, 0.2) is 16.6 Å². The SMILES string of the molecule is Cc1cc(Br)cc([N+](=O)[O-])c1OC1CC(O)C1(C)C. The number of hydrogen-bond acceptors (Lipinski definition) is 4. The van der Waals surface area contributed by atoms with Crippen molar-refractivity contribution < 1.29 is 14.8 Å². The van der Waals surface area contributed by atoms with Crippen molar-refractivity contribution in [3.8, 4) is 5.75 Å². The molecule has 19 heavy (non-hydrogen) atoms. The monoisotopic (exact) mass is 329 g/mol. The number of nitro benzene ring substituents is 1. The molecule has 5 nitrogen and oxygen atoms in total. The van der Waals surface area contributed by atoms with E-state index in [1.807, 2.05) is 13.8 Å². The zero-order valence-electron chi connectivity index (χ0n) is 11.0. The number of aliphatic hydroxyl groups is 1. The van der Waals surface area contributed by atoms with Crippen molar-refractivity contribution in [3.05, 3.63) is 32.3 Å². The Labute approximate surface area is 119 Å². The van der Waals surface area contributed by atoms with Crippen LogP contribution in [-0.4, -0.2) is 22.2 Å². The summed E-state index contributed by atoms with van der Waals surface area (Å²) in [4.78, 5) is 10.6. The number of rotatable bonds is 3. The van der Waals surface area contributed by atoms with Crippen LogP contribution >= 0.6 is 15.9 Å². The highest BCUT2D eigenvalue weighted by Gasteiger charge is 2.49. The summed E-state index contributed by atoms with van der Waals surface area (Å²) in [5, 5.41) is 20.8. The number of ether oxygens (including phenoxy) is 1. The van der Waals surface area contributed by atoms with Crippen molar-refractivity contribution in [2.45, 2.75) is 39.4 Å². The van der Waals surface area contributed by atoms with E-state index in [1.54, 1.807) is 13.0 Å². The Hall–Kier alpha value is -1.14. The second-order valence-electron chi connectivity index (χ2n) is 5.51. The van der Waals surface area contributed by atoms with Gasteiger partial charge in [0.15, 0.2) is 5.75 Å². The lowest BCUT2D eigenvalue weighted by molar-refractivity contribution is -0.386. The fourth-order valence-corrected chi connectivity index (χ4v) is 2.77. The summed E-state index contributed by atoms with van der Waals surface area (Å²) in [5.41, 5.74) is 0.273. The Balaban J connectivity index is 2.33. The van der Waals surface area contributed by atoms with Gasteiger partial charge in [-0.05, 0) is 18.6 Å². The summed E-state index contributed by atoms with van der Waals surface area (Å²) < 4.78 is 6.44. The Morgan fingerprint density at radius 1 is 1.53 bits per heavy atom. The van der Waals surface area contributed by atoms with Crippen LogP contribution in [0.2, 0.25) is 0 Å². The van der Waals surface area contributed by atoms with Gasteiger partial charge in [0.2, 0.25) is 0 Å². The van der Waals surface area contributed by atoms with E-state index in [0.717, 1.165) is 0 Å². The molecule has 0 radical (unpaired) electrons. The maximum absolute atomic E-state index is 11.1. The maximum atomic E-state index is 11.1. The first-order chi connectivity index (χ1) is 8.73. The van der Waals surface area contributed by atoms with Crippen LogP contribution in [-0.2, 0) is 0 Å². The molecule has 1 aliphatic carbocycles. The fraction of sp³-hybridized carbons (Fsp3) is 0.538. The number of nitrogens with zero attached hydrogens (tertiary/aromatic N) is 1. The summed E-state index contributed by atoms with van der Waals surface area (Å²) in [5.74, 6) is 0.290. The van der Waals surface area contributed by atoms with Crippen LogP contribution in [0.3, 0.4) is 0 Å². The highest BCUT2D eigenvalue weighted by molar-refractivity contribution is 9.10. The summed E-state index contributed by atoms with van der Waals surface area (Å²) in [6.45, 7) is 5.56. The van der Waals surface area contributed by atoms with Crippen LogP contribution in [0.4, 0.5) is 5.69 Å². The first-order valence-electron chi connectivity index (χ1n) is 6.02. The van der Waals surface area contributed by atoms with E-state index < -0.39 is 11.0 Å². The molecular formula is C13H16BrNO4. The molecule has 2 atom stereocenters. The lowest BCUT2D eigenvalue weighted by Gasteiger charge is -2.48. The molecule has 1 aromatic carbocycles. The molecule has 1 aromatic rings. The molecule has 0 spiro atoms. The van der Waals surface area contributed by atoms with Gasteiger partial charge in [0.25, 0.3) is 0 Å². The second kappa shape index (κ2) is 4.76. The van der Waals surface area contributed by atoms with Crippen LogP contribution < -0.4 is 4.74 Å². The van der Waals surface area contributed by atoms with E-state index in [2.05, 4.69) is 15.9 Å². The van der Waals surface area contributed by atoms with Crippen LogP contribution in [0.25, 0.3) is 0 Å². The number of nitro groups is 1. The molecular weight excluding hydrogens is 314 g/mol. The molecule has 0 aliphatic heterocycles. The van der Waals surface area contributed by atoms with Crippen LogP contribution in [0.1, 0.15) is 25.8 Å². The van der Waals surface area contributed by atoms with Gasteiger partial charge in [0, 0.05) is 22.4 Å². The van der Waals surface area contributed by atoms with Gasteiger partial charge in [-0.3, -0.25) is 10.1 Å². The third kappa shape index (κ3) is 2.47. The third-order valence-corrected chi connectivity index (χ3v) is 4.26. The molecule has 0 saturated heterocycles. The molecule has 1 N–H and O–H groups in total. The molecule has 2 rings (SSSR count). The van der Waals surface area contributed by atoms with Gasteiger partial charge in [-0.1, -0.05) is 29.8 Å². The van der Waals surface area contributed by atoms with E-state index >= 15 is 0 Å². The first-order valence-corrected chi connectivity index (χ1v) is 6.82. The van der Waals surface area contributed by atoms with E-state index in [0.29, 0.717) is 16.5 Å². The van der Waals surface area contributed by atoms with Crippen LogP contribution in [0.5, 0.6) is 5.75 Å². The molecule has 2 unspecified atom stereocenters. The largest absolute Gasteiger partial charge is 0.483 e. The highest BCUT2D eigenvalue weighted by Crippen LogP contribution is 2.45. The maximum Gasteiger partial charge on any atom is 0.312 e. The van der Waals surface area contributed by atoms with Gasteiger partial charge < -0.3 is 9.84 Å². The third-order valence-electron chi connectivity index (χ3n) is 3.80. The number of hydrogen-bond donors (Lipinski definition) is 1. The summed E-state index contributed by atoms with van der Waals surface area (Å²) in [6, 6.07) is 3.22. The Morgan fingerprint density at radius 3 is 2.63 bits per heavy atom. The average Bonchev–Trinajstić information content (AvgIpc) is 2.30. The first kappa shape index (κ1) is 14.3. The molecule has 1 aliphatic rings. The highest BCUT2D eigenvalue weighted by atomic mass is 79.9. The molecule has 104 valence electrons. The molecule has 0 aromatic heterocycles. The average molecular weight is 330 g/mol. The van der Waals surface area contributed by atoms with Crippen molar-refractivity contribution in [1.29, 1.82) is 0 Å². The second-order valence-corrected chi connectivity index (χ2v) is 6.42. The number of halogens is 1. The van der Waals surface area contributed by atoms with Crippen molar-refractivity contribution >= 4 is 21.6 Å². The number of aliphatic hydroxyl groups excluding tert-OH is 1. The van der Waals surface area contributed by atoms with Gasteiger partial charge in [-0.15, -0.1) is 0 Å². The van der Waals surface area contributed by atoms with Gasteiger partial charge in [0.1, 0.15) is 6.10 Å². The number of aryl methyl sites for hydroxylation is 1. The lowest BCUT2D eigenvalue weighted by Crippen LogP contribution is -2.56. The fourth-order valence-electron chi connectivity index (χ4n) is 2.21. The Morgan fingerprint density at radius 2 is 2.16 bits per heavy atom. The molecule has 6 heteroatoms. The zero-order valence-corrected chi connectivity index (χ0v) is 12.6. The predicted octanol–water partition coefficient (Wildman–Crippen LogP) is 3.20. The van der Waals surface area contributed by atoms with Gasteiger partial charge in [-0.2, -0.15) is 0 Å². The molecule has 0 heterocycles. The molecule has 1 fully saturated rings. The summed E-state index contributed by atoms with van der Waals surface area (Å²) in [7, 11) is 0.